The molecular formula is C16H23FN2O3. The summed E-state index contributed by atoms with van der Waals surface area (Å²) in [6.45, 7) is 3.69. The van der Waals surface area contributed by atoms with Crippen LogP contribution in [0.4, 0.5) is 4.39 Å². The Morgan fingerprint density at radius 3 is 2.82 bits per heavy atom. The maximum Gasteiger partial charge on any atom is 0.252 e. The molecule has 1 heterocycles. The van der Waals surface area contributed by atoms with Crippen LogP contribution in [0.15, 0.2) is 24.3 Å². The molecule has 1 aromatic rings. The Labute approximate surface area is 130 Å². The van der Waals surface area contributed by atoms with Crippen LogP contribution < -0.4 is 15.4 Å². The zero-order valence-corrected chi connectivity index (χ0v) is 13.0. The van der Waals surface area contributed by atoms with Crippen molar-refractivity contribution in [2.75, 3.05) is 26.7 Å². The van der Waals surface area contributed by atoms with E-state index in [-0.39, 0.29) is 17.8 Å². The van der Waals surface area contributed by atoms with Crippen LogP contribution in [0.5, 0.6) is 5.75 Å². The largest absolute Gasteiger partial charge is 0.489 e. The summed E-state index contributed by atoms with van der Waals surface area (Å²) in [6.07, 6.45) is 1.03. The number of carbonyl (C=O) groups excluding carboxylic acids is 1. The molecule has 22 heavy (non-hydrogen) atoms. The Morgan fingerprint density at radius 2 is 2.18 bits per heavy atom. The van der Waals surface area contributed by atoms with Crippen molar-refractivity contribution in [1.29, 1.82) is 0 Å². The molecule has 1 aliphatic rings. The lowest BCUT2D eigenvalue weighted by molar-refractivity contribution is -0.147. The first kappa shape index (κ1) is 16.7. The van der Waals surface area contributed by atoms with Gasteiger partial charge in [-0.05, 0) is 45.0 Å². The van der Waals surface area contributed by atoms with Crippen LogP contribution in [-0.4, -0.2) is 44.4 Å². The highest BCUT2D eigenvalue weighted by molar-refractivity contribution is 5.85. The molecule has 2 N–H and O–H groups in total. The first-order chi connectivity index (χ1) is 10.6. The summed E-state index contributed by atoms with van der Waals surface area (Å²) < 4.78 is 24.2. The van der Waals surface area contributed by atoms with Crippen molar-refractivity contribution in [2.45, 2.75) is 31.5 Å². The van der Waals surface area contributed by atoms with Gasteiger partial charge >= 0.3 is 0 Å². The number of hydrogen-bond acceptors (Lipinski definition) is 4. The predicted octanol–water partition coefficient (Wildman–Crippen LogP) is 1.48. The van der Waals surface area contributed by atoms with Gasteiger partial charge in [-0.15, -0.1) is 0 Å². The monoisotopic (exact) mass is 310 g/mol. The first-order valence-electron chi connectivity index (χ1n) is 7.52. The van der Waals surface area contributed by atoms with E-state index in [1.807, 2.05) is 6.92 Å². The van der Waals surface area contributed by atoms with Gasteiger partial charge in [0.05, 0.1) is 6.54 Å². The van der Waals surface area contributed by atoms with Crippen molar-refractivity contribution >= 4 is 5.91 Å². The number of amides is 1. The third-order valence-electron chi connectivity index (χ3n) is 3.90. The zero-order chi connectivity index (χ0) is 16.0. The molecule has 5 nitrogen and oxygen atoms in total. The van der Waals surface area contributed by atoms with E-state index in [2.05, 4.69) is 10.6 Å². The van der Waals surface area contributed by atoms with E-state index in [1.165, 1.54) is 12.1 Å². The summed E-state index contributed by atoms with van der Waals surface area (Å²) in [7, 11) is 1.57. The van der Waals surface area contributed by atoms with Crippen molar-refractivity contribution < 1.29 is 18.7 Å². The summed E-state index contributed by atoms with van der Waals surface area (Å²) in [4.78, 5) is 12.4. The van der Waals surface area contributed by atoms with Crippen LogP contribution in [-0.2, 0) is 9.53 Å². The Hall–Kier alpha value is -1.66. The number of piperidine rings is 1. The molecule has 1 unspecified atom stereocenters. The van der Waals surface area contributed by atoms with E-state index in [9.17, 15) is 9.18 Å². The lowest BCUT2D eigenvalue weighted by Gasteiger charge is -2.35. The second-order valence-corrected chi connectivity index (χ2v) is 5.54. The normalized spacial score (nSPS) is 18.5. The van der Waals surface area contributed by atoms with E-state index in [0.29, 0.717) is 25.1 Å². The lowest BCUT2D eigenvalue weighted by Crippen LogP contribution is -2.55. The molecule has 2 rings (SSSR count). The molecule has 1 saturated heterocycles. The molecule has 0 bridgehead atoms. The van der Waals surface area contributed by atoms with Crippen molar-refractivity contribution in [2.24, 2.45) is 0 Å². The van der Waals surface area contributed by atoms with E-state index in [0.717, 1.165) is 13.1 Å². The van der Waals surface area contributed by atoms with E-state index >= 15 is 0 Å². The first-order valence-corrected chi connectivity index (χ1v) is 7.52. The molecule has 0 radical (unpaired) electrons. The molecule has 1 fully saturated rings. The summed E-state index contributed by atoms with van der Waals surface area (Å²) >= 11 is 0. The van der Waals surface area contributed by atoms with E-state index in [1.54, 1.807) is 19.2 Å². The van der Waals surface area contributed by atoms with Gasteiger partial charge in [-0.1, -0.05) is 6.07 Å². The maximum absolute atomic E-state index is 13.1. The van der Waals surface area contributed by atoms with Crippen molar-refractivity contribution in [3.05, 3.63) is 30.1 Å². The number of halogens is 1. The molecule has 1 aromatic carbocycles. The number of carbonyl (C=O) groups is 1. The molecular weight excluding hydrogens is 287 g/mol. The van der Waals surface area contributed by atoms with Gasteiger partial charge in [-0.3, -0.25) is 4.79 Å². The third-order valence-corrected chi connectivity index (χ3v) is 3.90. The molecule has 1 aliphatic heterocycles. The van der Waals surface area contributed by atoms with Crippen LogP contribution in [0.25, 0.3) is 0 Å². The minimum absolute atomic E-state index is 0.119. The number of hydrogen-bond donors (Lipinski definition) is 2. The second kappa shape index (κ2) is 7.56. The van der Waals surface area contributed by atoms with Crippen LogP contribution in [0.2, 0.25) is 0 Å². The van der Waals surface area contributed by atoms with Crippen molar-refractivity contribution in [3.8, 4) is 5.75 Å². The fourth-order valence-electron chi connectivity index (χ4n) is 2.57. The van der Waals surface area contributed by atoms with Crippen LogP contribution in [0.3, 0.4) is 0 Å². The van der Waals surface area contributed by atoms with Gasteiger partial charge in [0.25, 0.3) is 5.91 Å². The number of nitrogens with one attached hydrogen (secondary N) is 2. The Balaban J connectivity index is 1.84. The highest BCUT2D eigenvalue weighted by Gasteiger charge is 2.39. The second-order valence-electron chi connectivity index (χ2n) is 5.54. The summed E-state index contributed by atoms with van der Waals surface area (Å²) in [5, 5.41) is 6.08. The molecule has 0 saturated carbocycles. The van der Waals surface area contributed by atoms with Gasteiger partial charge < -0.3 is 20.1 Å². The van der Waals surface area contributed by atoms with Crippen LogP contribution in [0, 0.1) is 5.82 Å². The summed E-state index contributed by atoms with van der Waals surface area (Å²) in [6, 6.07) is 5.95. The van der Waals surface area contributed by atoms with E-state index in [4.69, 9.17) is 9.47 Å². The number of rotatable bonds is 6. The zero-order valence-electron chi connectivity index (χ0n) is 13.0. The Kier molecular flexibility index (Phi) is 5.74. The molecule has 0 aromatic heterocycles. The van der Waals surface area contributed by atoms with Gasteiger partial charge in [-0.2, -0.15) is 0 Å². The number of methoxy groups -OCH3 is 1. The van der Waals surface area contributed by atoms with Crippen molar-refractivity contribution in [1.82, 2.24) is 10.6 Å². The van der Waals surface area contributed by atoms with Gasteiger partial charge in [0, 0.05) is 13.2 Å². The van der Waals surface area contributed by atoms with Gasteiger partial charge in [0.1, 0.15) is 23.3 Å². The van der Waals surface area contributed by atoms with E-state index < -0.39 is 5.60 Å². The van der Waals surface area contributed by atoms with Crippen LogP contribution >= 0.6 is 0 Å². The average molecular weight is 310 g/mol. The predicted molar refractivity (Wildman–Crippen MR) is 81.3 cm³/mol. The fourth-order valence-corrected chi connectivity index (χ4v) is 2.57. The standard InChI is InChI=1S/C16H23FN2O3/c1-12(22-14-5-3-4-13(17)10-14)11-19-15(20)16(21-2)6-8-18-9-7-16/h3-5,10,12,18H,6-9,11H2,1-2H3,(H,19,20). The smallest absolute Gasteiger partial charge is 0.252 e. The summed E-state index contributed by atoms with van der Waals surface area (Å²) in [5.74, 6) is -0.0157. The SMILES string of the molecule is COC1(C(=O)NCC(C)Oc2cccc(F)c2)CCNCC1. The molecule has 122 valence electrons. The van der Waals surface area contributed by atoms with Gasteiger partial charge in [-0.25, -0.2) is 4.39 Å². The highest BCUT2D eigenvalue weighted by atomic mass is 19.1. The number of benzene rings is 1. The van der Waals surface area contributed by atoms with Crippen LogP contribution in [0.1, 0.15) is 19.8 Å². The Morgan fingerprint density at radius 1 is 1.45 bits per heavy atom. The topological polar surface area (TPSA) is 59.6 Å². The van der Waals surface area contributed by atoms with Gasteiger partial charge in [0.2, 0.25) is 0 Å². The minimum Gasteiger partial charge on any atom is -0.489 e. The fraction of sp³-hybridized carbons (Fsp3) is 0.562. The molecule has 6 heteroatoms. The molecule has 0 spiro atoms. The number of ether oxygens (including phenoxy) is 2. The quantitative estimate of drug-likeness (QED) is 0.835. The molecule has 0 aliphatic carbocycles. The third kappa shape index (κ3) is 4.18. The molecule has 1 amide bonds. The minimum atomic E-state index is -0.760. The average Bonchev–Trinajstić information content (AvgIpc) is 2.53. The molecule has 1 atom stereocenters. The Bertz CT molecular complexity index is 504. The van der Waals surface area contributed by atoms with Gasteiger partial charge in [0.15, 0.2) is 0 Å². The van der Waals surface area contributed by atoms with Crippen molar-refractivity contribution in [3.63, 3.8) is 0 Å². The lowest BCUT2D eigenvalue weighted by atomic mass is 9.91. The maximum atomic E-state index is 13.1. The summed E-state index contributed by atoms with van der Waals surface area (Å²) in [5.41, 5.74) is -0.760. The highest BCUT2D eigenvalue weighted by Crippen LogP contribution is 2.22.